The number of aliphatic carboxylic acids is 1. The summed E-state index contributed by atoms with van der Waals surface area (Å²) in [5.74, 6) is -0.720. The number of carboxylic acids is 1. The largest absolute Gasteiger partial charge is 0.493 e. The summed E-state index contributed by atoms with van der Waals surface area (Å²) in [6, 6.07) is 7.93. The molecule has 0 aliphatic heterocycles. The zero-order chi connectivity index (χ0) is 29.1. The molecule has 5 atom stereocenters. The lowest BCUT2D eigenvalue weighted by molar-refractivity contribution is -0.138. The molecule has 39 heavy (non-hydrogen) atoms. The monoisotopic (exact) mass is 570 g/mol. The third kappa shape index (κ3) is 10.4. The number of halogens is 3. The molecule has 0 amide bonds. The van der Waals surface area contributed by atoms with Crippen LogP contribution in [0, 0.1) is 17.8 Å². The second-order valence-corrected chi connectivity index (χ2v) is 15.4. The maximum absolute atomic E-state index is 13.0. The highest BCUT2D eigenvalue weighted by atomic mass is 28.4. The zero-order valence-corrected chi connectivity index (χ0v) is 24.6. The highest BCUT2D eigenvalue weighted by Gasteiger charge is 2.44. The lowest BCUT2D eigenvalue weighted by Gasteiger charge is -2.34. The Kier molecular flexibility index (Phi) is 13.3. The summed E-state index contributed by atoms with van der Waals surface area (Å²) in [4.78, 5) is 10.7. The van der Waals surface area contributed by atoms with Gasteiger partial charge in [-0.2, -0.15) is 13.2 Å². The molecule has 1 aromatic rings. The summed E-state index contributed by atoms with van der Waals surface area (Å²) in [6.45, 7) is 8.72. The molecular formula is C30H45F3O5Si. The van der Waals surface area contributed by atoms with Crippen molar-refractivity contribution in [2.75, 3.05) is 6.61 Å². The number of aliphatic hydroxyl groups is 1. The number of hydrogen-bond donors (Lipinski definition) is 2. The SMILES string of the molecule is CC[Si](CC)(CC)OC1C[C@H](O)[C@H](C/C=C\CCCC(=O)O)[C@H]1/C=C/[C@@H](C)COc1cccc(C(F)(F)F)c1. The van der Waals surface area contributed by atoms with E-state index in [1.807, 2.05) is 25.2 Å². The number of hydrogen-bond acceptors (Lipinski definition) is 4. The maximum atomic E-state index is 13.0. The summed E-state index contributed by atoms with van der Waals surface area (Å²) in [7, 11) is -1.91. The fraction of sp³-hybridized carbons (Fsp3) is 0.633. The quantitative estimate of drug-likeness (QED) is 0.120. The van der Waals surface area contributed by atoms with Crippen LogP contribution in [0.3, 0.4) is 0 Å². The first kappa shape index (κ1) is 33.1. The van der Waals surface area contributed by atoms with E-state index >= 15 is 0 Å². The van der Waals surface area contributed by atoms with E-state index < -0.39 is 32.1 Å². The molecule has 0 spiro atoms. The van der Waals surface area contributed by atoms with Crippen LogP contribution in [0.15, 0.2) is 48.6 Å². The van der Waals surface area contributed by atoms with Crippen LogP contribution in [0.25, 0.3) is 0 Å². The van der Waals surface area contributed by atoms with Gasteiger partial charge in [-0.25, -0.2) is 0 Å². The van der Waals surface area contributed by atoms with Gasteiger partial charge in [0.05, 0.1) is 24.4 Å². The molecular weight excluding hydrogens is 525 g/mol. The van der Waals surface area contributed by atoms with Crippen LogP contribution < -0.4 is 4.74 Å². The van der Waals surface area contributed by atoms with Gasteiger partial charge in [-0.15, -0.1) is 0 Å². The van der Waals surface area contributed by atoms with Crippen molar-refractivity contribution in [1.82, 2.24) is 0 Å². The fourth-order valence-electron chi connectivity index (χ4n) is 5.24. The topological polar surface area (TPSA) is 76.0 Å². The van der Waals surface area contributed by atoms with Crippen LogP contribution in [0.4, 0.5) is 13.2 Å². The first-order valence-corrected chi connectivity index (χ1v) is 16.7. The lowest BCUT2D eigenvalue weighted by atomic mass is 9.89. The molecule has 1 aliphatic rings. The van der Waals surface area contributed by atoms with Gasteiger partial charge >= 0.3 is 12.1 Å². The average Bonchev–Trinajstić information content (AvgIpc) is 3.19. The van der Waals surface area contributed by atoms with Crippen LogP contribution in [-0.2, 0) is 15.4 Å². The third-order valence-electron chi connectivity index (χ3n) is 7.90. The standard InChI is InChI=1S/C30H45F3O5Si/c1-5-39(6-2,7-3)38-28-20-27(34)25(15-10-8-9-11-16-29(35)36)26(28)18-17-22(4)21-37-24-14-12-13-23(19-24)30(31,32)33/h8,10,12-14,17-19,22,25-28,34H,5-7,9,11,15-16,20-21H2,1-4H3,(H,35,36)/b10-8-,18-17+/t22-,25-,26-,27+,28?/m1/s1. The van der Waals surface area contributed by atoms with Crippen molar-refractivity contribution in [3.63, 3.8) is 0 Å². The summed E-state index contributed by atoms with van der Waals surface area (Å²) in [5, 5.41) is 19.8. The first-order valence-electron chi connectivity index (χ1n) is 14.2. The Morgan fingerprint density at radius 1 is 1.18 bits per heavy atom. The minimum Gasteiger partial charge on any atom is -0.493 e. The van der Waals surface area contributed by atoms with Crippen LogP contribution in [-0.4, -0.2) is 43.3 Å². The van der Waals surface area contributed by atoms with Crippen molar-refractivity contribution in [2.24, 2.45) is 17.8 Å². The number of carbonyl (C=O) groups is 1. The van der Waals surface area contributed by atoms with Crippen LogP contribution in [0.2, 0.25) is 18.1 Å². The molecule has 2 N–H and O–H groups in total. The average molecular weight is 571 g/mol. The Labute approximate surface area is 232 Å². The second-order valence-electron chi connectivity index (χ2n) is 10.6. The molecule has 2 rings (SSSR count). The van der Waals surface area contributed by atoms with E-state index in [2.05, 4.69) is 26.8 Å². The first-order chi connectivity index (χ1) is 18.4. The minimum absolute atomic E-state index is 0.00352. The van der Waals surface area contributed by atoms with Crippen molar-refractivity contribution in [1.29, 1.82) is 0 Å². The zero-order valence-electron chi connectivity index (χ0n) is 23.6. The van der Waals surface area contributed by atoms with E-state index in [1.54, 1.807) is 0 Å². The van der Waals surface area contributed by atoms with Gasteiger partial charge in [0.15, 0.2) is 8.32 Å². The van der Waals surface area contributed by atoms with Crippen molar-refractivity contribution < 1.29 is 37.3 Å². The molecule has 0 aromatic heterocycles. The molecule has 1 aromatic carbocycles. The van der Waals surface area contributed by atoms with Crippen molar-refractivity contribution >= 4 is 14.3 Å². The molecule has 1 saturated carbocycles. The van der Waals surface area contributed by atoms with Crippen molar-refractivity contribution in [2.45, 2.75) is 96.3 Å². The molecule has 1 aliphatic carbocycles. The smallest absolute Gasteiger partial charge is 0.416 e. The van der Waals surface area contributed by atoms with Gasteiger partial charge in [0, 0.05) is 18.3 Å². The minimum atomic E-state index is -4.42. The van der Waals surface area contributed by atoms with Gasteiger partial charge in [-0.05, 0) is 67.9 Å². The molecule has 0 heterocycles. The number of ether oxygens (including phenoxy) is 1. The highest BCUT2D eigenvalue weighted by molar-refractivity contribution is 6.73. The van der Waals surface area contributed by atoms with Crippen molar-refractivity contribution in [3.8, 4) is 5.75 Å². The Balaban J connectivity index is 2.12. The van der Waals surface area contributed by atoms with E-state index in [1.165, 1.54) is 12.1 Å². The molecule has 5 nitrogen and oxygen atoms in total. The Bertz CT molecular complexity index is 937. The fourth-order valence-corrected chi connectivity index (χ4v) is 8.13. The van der Waals surface area contributed by atoms with Gasteiger partial charge in [-0.1, -0.05) is 58.1 Å². The summed E-state index contributed by atoms with van der Waals surface area (Å²) >= 11 is 0. The van der Waals surface area contributed by atoms with Gasteiger partial charge < -0.3 is 19.4 Å². The maximum Gasteiger partial charge on any atom is 0.416 e. The van der Waals surface area contributed by atoms with Crippen molar-refractivity contribution in [3.05, 3.63) is 54.1 Å². The van der Waals surface area contributed by atoms with Crippen LogP contribution in [0.5, 0.6) is 5.75 Å². The van der Waals surface area contributed by atoms with Gasteiger partial charge in [-0.3, -0.25) is 4.79 Å². The lowest BCUT2D eigenvalue weighted by Crippen LogP contribution is -2.41. The number of aliphatic hydroxyl groups excluding tert-OH is 1. The Morgan fingerprint density at radius 2 is 1.87 bits per heavy atom. The number of unbranched alkanes of at least 4 members (excludes halogenated alkanes) is 1. The molecule has 0 bridgehead atoms. The molecule has 0 saturated heterocycles. The number of alkyl halides is 3. The van der Waals surface area contributed by atoms with E-state index in [4.69, 9.17) is 14.3 Å². The summed E-state index contributed by atoms with van der Waals surface area (Å²) in [5.41, 5.74) is -0.739. The van der Waals surface area contributed by atoms with E-state index in [0.29, 0.717) is 25.7 Å². The molecule has 1 fully saturated rings. The Hall–Kier alpha value is -2.10. The van der Waals surface area contributed by atoms with E-state index in [-0.39, 0.29) is 42.6 Å². The number of carboxylic acid groups (broad SMARTS) is 1. The molecule has 0 radical (unpaired) electrons. The normalized spacial score (nSPS) is 23.1. The predicted octanol–water partition coefficient (Wildman–Crippen LogP) is 7.87. The third-order valence-corrected chi connectivity index (χ3v) is 12.6. The Morgan fingerprint density at radius 3 is 2.49 bits per heavy atom. The van der Waals surface area contributed by atoms with Crippen LogP contribution in [0.1, 0.15) is 65.4 Å². The molecule has 220 valence electrons. The van der Waals surface area contributed by atoms with E-state index in [0.717, 1.165) is 30.3 Å². The van der Waals surface area contributed by atoms with Gasteiger partial charge in [0.2, 0.25) is 0 Å². The van der Waals surface area contributed by atoms with Gasteiger partial charge in [0.25, 0.3) is 0 Å². The highest BCUT2D eigenvalue weighted by Crippen LogP contribution is 2.41. The number of benzene rings is 1. The predicted molar refractivity (Wildman–Crippen MR) is 150 cm³/mol. The summed E-state index contributed by atoms with van der Waals surface area (Å²) in [6.07, 6.45) is 5.73. The van der Waals surface area contributed by atoms with E-state index in [9.17, 15) is 23.1 Å². The van der Waals surface area contributed by atoms with Gasteiger partial charge in [0.1, 0.15) is 5.75 Å². The summed E-state index contributed by atoms with van der Waals surface area (Å²) < 4.78 is 51.6. The molecule has 9 heteroatoms. The van der Waals surface area contributed by atoms with Crippen LogP contribution >= 0.6 is 0 Å². The second kappa shape index (κ2) is 15.6. The number of allylic oxidation sites excluding steroid dienone is 2. The number of rotatable bonds is 16. The molecule has 1 unspecified atom stereocenters.